The first-order chi connectivity index (χ1) is 7.27. The van der Waals surface area contributed by atoms with Crippen molar-refractivity contribution in [1.82, 2.24) is 0 Å². The molecule has 0 aromatic heterocycles. The van der Waals surface area contributed by atoms with Crippen molar-refractivity contribution in [3.05, 3.63) is 51.1 Å². The smallest absolute Gasteiger partial charge is 0.129 e. The van der Waals surface area contributed by atoms with Gasteiger partial charge in [0.05, 0.1) is 0 Å². The standard InChI is InChI=1S/C12H7IN2/c13-12-7-2-1-5-11(12)6-3-4-10(8-14)9-15/h1-7H/b6-3+. The van der Waals surface area contributed by atoms with Gasteiger partial charge in [-0.2, -0.15) is 10.5 Å². The minimum absolute atomic E-state index is 0.109. The lowest BCUT2D eigenvalue weighted by molar-refractivity contribution is 1.46. The quantitative estimate of drug-likeness (QED) is 0.478. The van der Waals surface area contributed by atoms with Crippen LogP contribution in [0, 0.1) is 26.2 Å². The topological polar surface area (TPSA) is 47.6 Å². The molecule has 0 spiro atoms. The van der Waals surface area contributed by atoms with Gasteiger partial charge in [0, 0.05) is 3.57 Å². The number of nitrogens with zero attached hydrogens (tertiary/aromatic N) is 2. The second-order valence-corrected chi connectivity index (χ2v) is 3.85. The van der Waals surface area contributed by atoms with Gasteiger partial charge in [-0.15, -0.1) is 0 Å². The highest BCUT2D eigenvalue weighted by molar-refractivity contribution is 14.1. The maximum Gasteiger partial charge on any atom is 0.129 e. The zero-order chi connectivity index (χ0) is 11.1. The number of halogens is 1. The summed E-state index contributed by atoms with van der Waals surface area (Å²) in [6.07, 6.45) is 5.08. The summed E-state index contributed by atoms with van der Waals surface area (Å²) < 4.78 is 1.13. The van der Waals surface area contributed by atoms with Gasteiger partial charge in [0.1, 0.15) is 17.7 Å². The Hall–Kier alpha value is -1.59. The molecule has 1 aromatic carbocycles. The van der Waals surface area contributed by atoms with Crippen molar-refractivity contribution >= 4 is 28.7 Å². The molecule has 2 nitrogen and oxygen atoms in total. The zero-order valence-corrected chi connectivity index (χ0v) is 9.97. The fourth-order valence-corrected chi connectivity index (χ4v) is 1.52. The average molecular weight is 306 g/mol. The Morgan fingerprint density at radius 2 is 1.87 bits per heavy atom. The molecule has 0 radical (unpaired) electrons. The lowest BCUT2D eigenvalue weighted by Gasteiger charge is -1.94. The summed E-state index contributed by atoms with van der Waals surface area (Å²) in [7, 11) is 0. The summed E-state index contributed by atoms with van der Waals surface area (Å²) in [5.41, 5.74) is 1.18. The Bertz CT molecular complexity index is 471. The number of allylic oxidation sites excluding steroid dienone is 3. The third kappa shape index (κ3) is 3.57. The minimum Gasteiger partial charge on any atom is -0.192 e. The second kappa shape index (κ2) is 6.00. The van der Waals surface area contributed by atoms with Crippen LogP contribution in [-0.2, 0) is 0 Å². The molecule has 0 aliphatic carbocycles. The first kappa shape index (κ1) is 11.5. The van der Waals surface area contributed by atoms with Crippen LogP contribution in [0.1, 0.15) is 5.56 Å². The molecule has 0 atom stereocenters. The van der Waals surface area contributed by atoms with Crippen LogP contribution in [0.3, 0.4) is 0 Å². The van der Waals surface area contributed by atoms with E-state index in [4.69, 9.17) is 10.5 Å². The molecule has 3 heteroatoms. The monoisotopic (exact) mass is 306 g/mol. The summed E-state index contributed by atoms with van der Waals surface area (Å²) in [5.74, 6) is 0. The first-order valence-electron chi connectivity index (χ1n) is 4.21. The van der Waals surface area contributed by atoms with Crippen LogP contribution in [0.15, 0.2) is 42.0 Å². The van der Waals surface area contributed by atoms with Gasteiger partial charge >= 0.3 is 0 Å². The average Bonchev–Trinajstić information content (AvgIpc) is 2.27. The number of benzene rings is 1. The minimum atomic E-state index is 0.109. The molecule has 0 heterocycles. The van der Waals surface area contributed by atoms with Crippen molar-refractivity contribution in [3.8, 4) is 12.1 Å². The van der Waals surface area contributed by atoms with Crippen LogP contribution in [0.5, 0.6) is 0 Å². The molecule has 1 aromatic rings. The van der Waals surface area contributed by atoms with Crippen molar-refractivity contribution in [2.45, 2.75) is 0 Å². The molecule has 15 heavy (non-hydrogen) atoms. The highest BCUT2D eigenvalue weighted by Crippen LogP contribution is 2.12. The van der Waals surface area contributed by atoms with Crippen molar-refractivity contribution in [1.29, 1.82) is 10.5 Å². The van der Waals surface area contributed by atoms with Crippen molar-refractivity contribution in [2.24, 2.45) is 0 Å². The maximum atomic E-state index is 8.50. The molecular formula is C12H7IN2. The van der Waals surface area contributed by atoms with Crippen LogP contribution < -0.4 is 0 Å². The van der Waals surface area contributed by atoms with Crippen LogP contribution in [0.25, 0.3) is 6.08 Å². The number of rotatable bonds is 2. The van der Waals surface area contributed by atoms with E-state index in [2.05, 4.69) is 22.6 Å². The molecule has 0 saturated heterocycles. The highest BCUT2D eigenvalue weighted by Gasteiger charge is 1.91. The van der Waals surface area contributed by atoms with E-state index in [1.54, 1.807) is 18.2 Å². The Morgan fingerprint density at radius 3 is 2.47 bits per heavy atom. The summed E-state index contributed by atoms with van der Waals surface area (Å²) in [5, 5.41) is 17.0. The van der Waals surface area contributed by atoms with Gasteiger partial charge in [-0.3, -0.25) is 0 Å². The molecule has 0 unspecified atom stereocenters. The third-order valence-corrected chi connectivity index (χ3v) is 2.67. The largest absolute Gasteiger partial charge is 0.192 e. The number of hydrogen-bond acceptors (Lipinski definition) is 2. The third-order valence-electron chi connectivity index (χ3n) is 1.68. The SMILES string of the molecule is N#CC(C#N)=C/C=C/c1ccccc1I. The summed E-state index contributed by atoms with van der Waals surface area (Å²) in [6.45, 7) is 0. The maximum absolute atomic E-state index is 8.50. The van der Waals surface area contributed by atoms with Gasteiger partial charge in [-0.1, -0.05) is 30.4 Å². The molecule has 0 aliphatic rings. The summed E-state index contributed by atoms with van der Waals surface area (Å²) >= 11 is 2.23. The van der Waals surface area contributed by atoms with E-state index in [0.29, 0.717) is 0 Å². The van der Waals surface area contributed by atoms with Crippen LogP contribution in [0.2, 0.25) is 0 Å². The lowest BCUT2D eigenvalue weighted by atomic mass is 10.2. The van der Waals surface area contributed by atoms with E-state index in [-0.39, 0.29) is 5.57 Å². The van der Waals surface area contributed by atoms with E-state index < -0.39 is 0 Å². The molecular weight excluding hydrogens is 299 g/mol. The van der Waals surface area contributed by atoms with Gasteiger partial charge in [0.15, 0.2) is 0 Å². The zero-order valence-electron chi connectivity index (χ0n) is 7.81. The van der Waals surface area contributed by atoms with E-state index in [9.17, 15) is 0 Å². The van der Waals surface area contributed by atoms with Crippen molar-refractivity contribution < 1.29 is 0 Å². The molecule has 0 saturated carbocycles. The fourth-order valence-electron chi connectivity index (χ4n) is 0.958. The van der Waals surface area contributed by atoms with Gasteiger partial charge in [-0.25, -0.2) is 0 Å². The molecule has 72 valence electrons. The Balaban J connectivity index is 2.86. The Morgan fingerprint density at radius 1 is 1.20 bits per heavy atom. The molecule has 1 rings (SSSR count). The van der Waals surface area contributed by atoms with Crippen LogP contribution in [-0.4, -0.2) is 0 Å². The van der Waals surface area contributed by atoms with Gasteiger partial charge in [0.25, 0.3) is 0 Å². The molecule has 0 N–H and O–H groups in total. The van der Waals surface area contributed by atoms with Gasteiger partial charge < -0.3 is 0 Å². The Labute approximate surface area is 102 Å². The normalized spacial score (nSPS) is 9.27. The lowest BCUT2D eigenvalue weighted by Crippen LogP contribution is -1.76. The fraction of sp³-hybridized carbons (Fsp3) is 0. The molecule has 0 bridgehead atoms. The first-order valence-corrected chi connectivity index (χ1v) is 5.29. The Kier molecular flexibility index (Phi) is 4.59. The molecule has 0 fully saturated rings. The second-order valence-electron chi connectivity index (χ2n) is 2.68. The van der Waals surface area contributed by atoms with Gasteiger partial charge in [-0.05, 0) is 40.3 Å². The predicted molar refractivity (Wildman–Crippen MR) is 67.5 cm³/mol. The van der Waals surface area contributed by atoms with Crippen LogP contribution >= 0.6 is 22.6 Å². The number of hydrogen-bond donors (Lipinski definition) is 0. The molecule has 0 aliphatic heterocycles. The summed E-state index contributed by atoms with van der Waals surface area (Å²) in [4.78, 5) is 0. The number of nitriles is 2. The van der Waals surface area contributed by atoms with Crippen LogP contribution in [0.4, 0.5) is 0 Å². The predicted octanol–water partition coefficient (Wildman–Crippen LogP) is 3.28. The van der Waals surface area contributed by atoms with E-state index in [1.165, 1.54) is 6.08 Å². The van der Waals surface area contributed by atoms with E-state index in [0.717, 1.165) is 9.13 Å². The van der Waals surface area contributed by atoms with E-state index >= 15 is 0 Å². The highest BCUT2D eigenvalue weighted by atomic mass is 127. The van der Waals surface area contributed by atoms with Gasteiger partial charge in [0.2, 0.25) is 0 Å². The summed E-state index contributed by atoms with van der Waals surface area (Å²) in [6, 6.07) is 11.5. The van der Waals surface area contributed by atoms with E-state index in [1.807, 2.05) is 30.3 Å². The van der Waals surface area contributed by atoms with Crippen molar-refractivity contribution in [3.63, 3.8) is 0 Å². The molecule has 0 amide bonds. The van der Waals surface area contributed by atoms with Crippen molar-refractivity contribution in [2.75, 3.05) is 0 Å².